The lowest BCUT2D eigenvalue weighted by atomic mass is 10.0. The highest BCUT2D eigenvalue weighted by Crippen LogP contribution is 2.30. The van der Waals surface area contributed by atoms with Gasteiger partial charge in [0.05, 0.1) is 5.92 Å². The smallest absolute Gasteiger partial charge is 0.316 e. The third-order valence-electron chi connectivity index (χ3n) is 3.26. The summed E-state index contributed by atoms with van der Waals surface area (Å²) in [5.74, 6) is -1.56. The first-order chi connectivity index (χ1) is 8.91. The summed E-state index contributed by atoms with van der Waals surface area (Å²) in [6.07, 6.45) is 1.59. The molecule has 19 heavy (non-hydrogen) atoms. The van der Waals surface area contributed by atoms with Crippen LogP contribution in [0.15, 0.2) is 0 Å². The van der Waals surface area contributed by atoms with Gasteiger partial charge in [-0.15, -0.1) is 0 Å². The number of nitrogens with one attached hydrogen (secondary N) is 2. The van der Waals surface area contributed by atoms with E-state index in [1.165, 1.54) is 4.90 Å². The van der Waals surface area contributed by atoms with E-state index in [1.54, 1.807) is 14.1 Å². The molecule has 3 N–H and O–H groups in total. The maximum absolute atomic E-state index is 11.8. The molecule has 108 valence electrons. The van der Waals surface area contributed by atoms with Crippen LogP contribution in [0, 0.1) is 11.8 Å². The second-order valence-corrected chi connectivity index (χ2v) is 4.96. The average Bonchev–Trinajstić information content (AvgIpc) is 2.83. The summed E-state index contributed by atoms with van der Waals surface area (Å²) in [5, 5.41) is 14.2. The molecule has 0 aromatic heterocycles. The van der Waals surface area contributed by atoms with Gasteiger partial charge in [0.2, 0.25) is 5.91 Å². The van der Waals surface area contributed by atoms with Crippen molar-refractivity contribution in [2.24, 2.45) is 11.8 Å². The minimum atomic E-state index is -0.825. The second kappa shape index (κ2) is 6.96. The van der Waals surface area contributed by atoms with Crippen molar-refractivity contribution in [1.82, 2.24) is 15.5 Å². The number of carbonyl (C=O) groups excluding carboxylic acids is 2. The fraction of sp³-hybridized carbons (Fsp3) is 0.750. The number of carbonyl (C=O) groups is 3. The SMILES string of the molecule is CN(C)C(=O)NCCNC(=O)C1CCC(C(=O)O)C1. The summed E-state index contributed by atoms with van der Waals surface area (Å²) in [6.45, 7) is 0.713. The molecule has 0 heterocycles. The summed E-state index contributed by atoms with van der Waals surface area (Å²) in [4.78, 5) is 35.2. The Bertz CT molecular complexity index is 357. The molecule has 0 spiro atoms. The predicted octanol–water partition coefficient (Wildman–Crippen LogP) is -0.125. The van der Waals surface area contributed by atoms with Crippen molar-refractivity contribution in [3.05, 3.63) is 0 Å². The first kappa shape index (κ1) is 15.3. The second-order valence-electron chi connectivity index (χ2n) is 4.96. The van der Waals surface area contributed by atoms with E-state index in [1.807, 2.05) is 0 Å². The standard InChI is InChI=1S/C12H21N3O4/c1-15(2)12(19)14-6-5-13-10(16)8-3-4-9(7-8)11(17)18/h8-9H,3-7H2,1-2H3,(H,13,16)(H,14,19)(H,17,18). The Morgan fingerprint density at radius 2 is 1.68 bits per heavy atom. The summed E-state index contributed by atoms with van der Waals surface area (Å²) >= 11 is 0. The van der Waals surface area contributed by atoms with Crippen LogP contribution >= 0.6 is 0 Å². The zero-order chi connectivity index (χ0) is 14.4. The number of aliphatic carboxylic acids is 1. The molecule has 0 aromatic carbocycles. The number of carboxylic acids is 1. The lowest BCUT2D eigenvalue weighted by molar-refractivity contribution is -0.141. The van der Waals surface area contributed by atoms with Crippen LogP contribution < -0.4 is 10.6 Å². The molecule has 1 aliphatic rings. The molecule has 1 rings (SSSR count). The van der Waals surface area contributed by atoms with Crippen LogP contribution in [-0.4, -0.2) is 55.1 Å². The highest BCUT2D eigenvalue weighted by atomic mass is 16.4. The lowest BCUT2D eigenvalue weighted by Gasteiger charge is -2.13. The molecular formula is C12H21N3O4. The Morgan fingerprint density at radius 3 is 2.21 bits per heavy atom. The minimum Gasteiger partial charge on any atom is -0.481 e. The van der Waals surface area contributed by atoms with Gasteiger partial charge in [-0.1, -0.05) is 0 Å². The quantitative estimate of drug-likeness (QED) is 0.607. The Labute approximate surface area is 112 Å². The number of nitrogens with zero attached hydrogens (tertiary/aromatic N) is 1. The van der Waals surface area contributed by atoms with E-state index in [0.717, 1.165) is 0 Å². The number of urea groups is 1. The number of carboxylic acid groups (broad SMARTS) is 1. The van der Waals surface area contributed by atoms with E-state index in [2.05, 4.69) is 10.6 Å². The summed E-state index contributed by atoms with van der Waals surface area (Å²) in [6, 6.07) is -0.207. The van der Waals surface area contributed by atoms with Gasteiger partial charge in [-0.3, -0.25) is 9.59 Å². The maximum atomic E-state index is 11.8. The Morgan fingerprint density at radius 1 is 1.11 bits per heavy atom. The molecule has 0 bridgehead atoms. The van der Waals surface area contributed by atoms with Crippen LogP contribution in [0.1, 0.15) is 19.3 Å². The van der Waals surface area contributed by atoms with E-state index in [9.17, 15) is 14.4 Å². The molecular weight excluding hydrogens is 250 g/mol. The topological polar surface area (TPSA) is 98.7 Å². The van der Waals surface area contributed by atoms with Crippen LogP contribution in [0.3, 0.4) is 0 Å². The first-order valence-electron chi connectivity index (χ1n) is 6.37. The fourth-order valence-electron chi connectivity index (χ4n) is 2.10. The molecule has 0 aromatic rings. The lowest BCUT2D eigenvalue weighted by Crippen LogP contribution is -2.40. The highest BCUT2D eigenvalue weighted by molar-refractivity contribution is 5.81. The number of hydrogen-bond acceptors (Lipinski definition) is 3. The van der Waals surface area contributed by atoms with Crippen molar-refractivity contribution in [1.29, 1.82) is 0 Å². The van der Waals surface area contributed by atoms with Crippen LogP contribution in [0.25, 0.3) is 0 Å². The monoisotopic (exact) mass is 271 g/mol. The number of rotatable bonds is 5. The van der Waals surface area contributed by atoms with Gasteiger partial charge in [0.1, 0.15) is 0 Å². The summed E-state index contributed by atoms with van der Waals surface area (Å²) < 4.78 is 0. The fourth-order valence-corrected chi connectivity index (χ4v) is 2.10. The van der Waals surface area contributed by atoms with Gasteiger partial charge in [-0.25, -0.2) is 4.79 Å². The molecule has 1 aliphatic carbocycles. The van der Waals surface area contributed by atoms with E-state index < -0.39 is 11.9 Å². The first-order valence-corrected chi connectivity index (χ1v) is 6.37. The van der Waals surface area contributed by atoms with Gasteiger partial charge in [0, 0.05) is 33.1 Å². The Hall–Kier alpha value is -1.79. The van der Waals surface area contributed by atoms with E-state index in [-0.39, 0.29) is 17.9 Å². The van der Waals surface area contributed by atoms with E-state index in [0.29, 0.717) is 32.4 Å². The van der Waals surface area contributed by atoms with Gasteiger partial charge < -0.3 is 20.6 Å². The van der Waals surface area contributed by atoms with Crippen LogP contribution in [-0.2, 0) is 9.59 Å². The zero-order valence-electron chi connectivity index (χ0n) is 11.3. The van der Waals surface area contributed by atoms with Crippen molar-refractivity contribution < 1.29 is 19.5 Å². The third kappa shape index (κ3) is 4.76. The van der Waals surface area contributed by atoms with Crippen LogP contribution in [0.4, 0.5) is 4.79 Å². The van der Waals surface area contributed by atoms with Gasteiger partial charge in [-0.05, 0) is 19.3 Å². The van der Waals surface area contributed by atoms with Gasteiger partial charge in [0.25, 0.3) is 0 Å². The Kier molecular flexibility index (Phi) is 5.59. The van der Waals surface area contributed by atoms with Crippen molar-refractivity contribution in [3.8, 4) is 0 Å². The maximum Gasteiger partial charge on any atom is 0.316 e. The van der Waals surface area contributed by atoms with Crippen LogP contribution in [0.5, 0.6) is 0 Å². The number of amides is 3. The Balaban J connectivity index is 2.19. The molecule has 2 atom stereocenters. The molecule has 0 saturated heterocycles. The normalized spacial score (nSPS) is 21.8. The molecule has 2 unspecified atom stereocenters. The molecule has 7 heteroatoms. The molecule has 0 radical (unpaired) electrons. The summed E-state index contributed by atoms with van der Waals surface area (Å²) in [5.41, 5.74) is 0. The largest absolute Gasteiger partial charge is 0.481 e. The zero-order valence-corrected chi connectivity index (χ0v) is 11.3. The summed E-state index contributed by atoms with van der Waals surface area (Å²) in [7, 11) is 3.27. The van der Waals surface area contributed by atoms with Gasteiger partial charge in [0.15, 0.2) is 0 Å². The molecule has 1 saturated carbocycles. The van der Waals surface area contributed by atoms with Crippen molar-refractivity contribution >= 4 is 17.9 Å². The van der Waals surface area contributed by atoms with Crippen LogP contribution in [0.2, 0.25) is 0 Å². The van der Waals surface area contributed by atoms with Crippen molar-refractivity contribution in [3.63, 3.8) is 0 Å². The predicted molar refractivity (Wildman–Crippen MR) is 68.6 cm³/mol. The van der Waals surface area contributed by atoms with E-state index >= 15 is 0 Å². The van der Waals surface area contributed by atoms with Gasteiger partial charge >= 0.3 is 12.0 Å². The van der Waals surface area contributed by atoms with E-state index in [4.69, 9.17) is 5.11 Å². The molecule has 0 aliphatic heterocycles. The highest BCUT2D eigenvalue weighted by Gasteiger charge is 2.33. The average molecular weight is 271 g/mol. The molecule has 3 amide bonds. The third-order valence-corrected chi connectivity index (χ3v) is 3.26. The molecule has 7 nitrogen and oxygen atoms in total. The van der Waals surface area contributed by atoms with Gasteiger partial charge in [-0.2, -0.15) is 0 Å². The number of hydrogen-bond donors (Lipinski definition) is 3. The minimum absolute atomic E-state index is 0.122. The van der Waals surface area contributed by atoms with Crippen molar-refractivity contribution in [2.45, 2.75) is 19.3 Å². The molecule has 1 fully saturated rings. The van der Waals surface area contributed by atoms with Crippen molar-refractivity contribution in [2.75, 3.05) is 27.2 Å².